The Balaban J connectivity index is 2.55. The Bertz CT molecular complexity index is 672. The fraction of sp³-hybridized carbons (Fsp3) is 0.133. The third-order valence-corrected chi connectivity index (χ3v) is 7.59. The van der Waals surface area contributed by atoms with E-state index in [-0.39, 0.29) is 0 Å². The summed E-state index contributed by atoms with van der Waals surface area (Å²) >= 11 is -2.92. The Kier molecular flexibility index (Phi) is 5.45. The number of alkyl halides is 3. The molecule has 2 aromatic rings. The van der Waals surface area contributed by atoms with Crippen molar-refractivity contribution in [3.63, 3.8) is 0 Å². The minimum atomic E-state index is -4.38. The van der Waals surface area contributed by atoms with Gasteiger partial charge in [0.05, 0.1) is 0 Å². The number of halogens is 5. The Labute approximate surface area is 135 Å². The van der Waals surface area contributed by atoms with Crippen LogP contribution in [0.25, 0.3) is 0 Å². The van der Waals surface area contributed by atoms with Gasteiger partial charge in [-0.2, -0.15) is 0 Å². The van der Waals surface area contributed by atoms with Crippen molar-refractivity contribution in [1.29, 1.82) is 0 Å². The van der Waals surface area contributed by atoms with Gasteiger partial charge in [-0.1, -0.05) is 0 Å². The van der Waals surface area contributed by atoms with E-state index in [2.05, 4.69) is 0 Å². The van der Waals surface area contributed by atoms with Crippen LogP contribution in [-0.2, 0) is 25.1 Å². The molecule has 0 amide bonds. The van der Waals surface area contributed by atoms with Gasteiger partial charge in [0, 0.05) is 0 Å². The fourth-order valence-corrected chi connectivity index (χ4v) is 6.40. The molecule has 0 saturated heterocycles. The van der Waals surface area contributed by atoms with E-state index in [0.29, 0.717) is 8.77 Å². The van der Waals surface area contributed by atoms with E-state index in [9.17, 15) is 13.2 Å². The summed E-state index contributed by atoms with van der Waals surface area (Å²) in [6.45, 7) is 1.94. The molecule has 0 fully saturated rings. The number of aryl methyl sites for hydroxylation is 1. The Morgan fingerprint density at radius 1 is 0.952 bits per heavy atom. The van der Waals surface area contributed by atoms with Gasteiger partial charge in [-0.05, 0) is 0 Å². The summed E-state index contributed by atoms with van der Waals surface area (Å²) in [7, 11) is 12.3. The van der Waals surface area contributed by atoms with Gasteiger partial charge >= 0.3 is 136 Å². The summed E-state index contributed by atoms with van der Waals surface area (Å²) in [5.74, 6) is 0. The molecule has 0 saturated carbocycles. The van der Waals surface area contributed by atoms with Crippen LogP contribution in [0.4, 0.5) is 13.2 Å². The van der Waals surface area contributed by atoms with E-state index in [1.165, 1.54) is 6.07 Å². The molecule has 0 aliphatic carbocycles. The molecule has 0 N–H and O–H groups in total. The SMILES string of the molecule is Cc1ccc([C](c2cccc(C(F)(F)F)c2)=[Zr]([Cl])[Cl])cc1. The predicted octanol–water partition coefficient (Wildman–Crippen LogP) is 5.51. The van der Waals surface area contributed by atoms with Crippen molar-refractivity contribution in [3.8, 4) is 0 Å². The van der Waals surface area contributed by atoms with Gasteiger partial charge in [0.15, 0.2) is 0 Å². The van der Waals surface area contributed by atoms with Gasteiger partial charge < -0.3 is 0 Å². The van der Waals surface area contributed by atoms with Crippen molar-refractivity contribution in [3.05, 3.63) is 70.8 Å². The first-order chi connectivity index (χ1) is 9.79. The molecular formula is C15H11Cl2F3Zr. The summed E-state index contributed by atoms with van der Waals surface area (Å²) in [6.07, 6.45) is -4.38. The van der Waals surface area contributed by atoms with Crippen LogP contribution in [0.3, 0.4) is 0 Å². The van der Waals surface area contributed by atoms with Gasteiger partial charge in [0.25, 0.3) is 0 Å². The average molecular weight is 410 g/mol. The van der Waals surface area contributed by atoms with E-state index in [1.54, 1.807) is 6.07 Å². The normalized spacial score (nSPS) is 11.3. The number of rotatable bonds is 2. The first-order valence-electron chi connectivity index (χ1n) is 6.09. The second-order valence-corrected chi connectivity index (χ2v) is 12.7. The molecule has 0 aliphatic heterocycles. The van der Waals surface area contributed by atoms with Crippen LogP contribution in [0, 0.1) is 6.92 Å². The molecule has 6 heteroatoms. The zero-order valence-electron chi connectivity index (χ0n) is 11.0. The van der Waals surface area contributed by atoms with Crippen molar-refractivity contribution < 1.29 is 32.1 Å². The third-order valence-electron chi connectivity index (χ3n) is 3.01. The maximum absolute atomic E-state index is 12.8. The van der Waals surface area contributed by atoms with Crippen LogP contribution in [-0.4, -0.2) is 3.21 Å². The summed E-state index contributed by atoms with van der Waals surface area (Å²) < 4.78 is 39.1. The van der Waals surface area contributed by atoms with Crippen LogP contribution < -0.4 is 0 Å². The van der Waals surface area contributed by atoms with Gasteiger partial charge in [-0.25, -0.2) is 0 Å². The molecule has 0 aromatic heterocycles. The molecule has 2 rings (SSSR count). The third kappa shape index (κ3) is 4.28. The number of hydrogen-bond donors (Lipinski definition) is 0. The van der Waals surface area contributed by atoms with Crippen LogP contribution >= 0.6 is 17.0 Å². The second kappa shape index (κ2) is 6.77. The van der Waals surface area contributed by atoms with E-state index in [0.717, 1.165) is 23.3 Å². The minimum absolute atomic E-state index is 0.452. The van der Waals surface area contributed by atoms with Crippen LogP contribution in [0.1, 0.15) is 22.3 Å². The van der Waals surface area contributed by atoms with Crippen molar-refractivity contribution in [1.82, 2.24) is 0 Å². The van der Waals surface area contributed by atoms with E-state index < -0.39 is 30.6 Å². The van der Waals surface area contributed by atoms with E-state index in [1.807, 2.05) is 31.2 Å². The zero-order valence-corrected chi connectivity index (χ0v) is 15.0. The maximum atomic E-state index is 12.8. The quantitative estimate of drug-likeness (QED) is 0.613. The molecule has 0 nitrogen and oxygen atoms in total. The summed E-state index contributed by atoms with van der Waals surface area (Å²) in [6, 6.07) is 12.6. The monoisotopic (exact) mass is 408 g/mol. The molecular weight excluding hydrogens is 399 g/mol. The van der Waals surface area contributed by atoms with Crippen molar-refractivity contribution in [2.24, 2.45) is 0 Å². The molecule has 110 valence electrons. The van der Waals surface area contributed by atoms with E-state index in [4.69, 9.17) is 17.0 Å². The van der Waals surface area contributed by atoms with Gasteiger partial charge in [0.1, 0.15) is 0 Å². The molecule has 0 heterocycles. The molecule has 0 unspecified atom stereocenters. The Morgan fingerprint density at radius 3 is 2.10 bits per heavy atom. The van der Waals surface area contributed by atoms with Crippen molar-refractivity contribution in [2.45, 2.75) is 13.1 Å². The topological polar surface area (TPSA) is 0 Å². The van der Waals surface area contributed by atoms with Crippen LogP contribution in [0.15, 0.2) is 48.5 Å². The van der Waals surface area contributed by atoms with Gasteiger partial charge in [-0.3, -0.25) is 0 Å². The van der Waals surface area contributed by atoms with Crippen LogP contribution in [0.5, 0.6) is 0 Å². The second-order valence-electron chi connectivity index (χ2n) is 4.58. The molecule has 0 radical (unpaired) electrons. The first kappa shape index (κ1) is 16.9. The average Bonchev–Trinajstić information content (AvgIpc) is 2.40. The molecule has 21 heavy (non-hydrogen) atoms. The Hall–Kier alpha value is -0.437. The van der Waals surface area contributed by atoms with Gasteiger partial charge in [-0.15, -0.1) is 0 Å². The standard InChI is InChI=1S/C15H11F3.2ClH.Zr/c1-11-5-7-12(8-6-11)9-13-3-2-4-14(10-13)15(16,17)18;;;/h2-8,10H,1H3;2*1H;/q;;;+2/p-2. The summed E-state index contributed by atoms with van der Waals surface area (Å²) in [5, 5.41) is 0. The predicted molar refractivity (Wildman–Crippen MR) is 77.5 cm³/mol. The molecule has 2 aromatic carbocycles. The van der Waals surface area contributed by atoms with Gasteiger partial charge in [0.2, 0.25) is 0 Å². The summed E-state index contributed by atoms with van der Waals surface area (Å²) in [4.78, 5) is 0. The van der Waals surface area contributed by atoms with Crippen molar-refractivity contribution in [2.75, 3.05) is 0 Å². The molecule has 0 aliphatic rings. The van der Waals surface area contributed by atoms with Crippen molar-refractivity contribution >= 4 is 20.2 Å². The number of benzene rings is 2. The molecule has 0 spiro atoms. The molecule has 0 bridgehead atoms. The van der Waals surface area contributed by atoms with E-state index >= 15 is 0 Å². The van der Waals surface area contributed by atoms with Crippen LogP contribution in [0.2, 0.25) is 0 Å². The molecule has 0 atom stereocenters. The Morgan fingerprint density at radius 2 is 1.57 bits per heavy atom. The first-order valence-corrected chi connectivity index (χ1v) is 13.6. The fourth-order valence-electron chi connectivity index (χ4n) is 1.96. The summed E-state index contributed by atoms with van der Waals surface area (Å²) in [5.41, 5.74) is 1.62. The zero-order chi connectivity index (χ0) is 15.6. The number of hydrogen-bond acceptors (Lipinski definition) is 0.